The van der Waals surface area contributed by atoms with E-state index in [9.17, 15) is 53.7 Å². The third kappa shape index (κ3) is 26.7. The first-order valence-electron chi connectivity index (χ1n) is 47.4. The summed E-state index contributed by atoms with van der Waals surface area (Å²) >= 11 is 0. The Hall–Kier alpha value is -11.5. The van der Waals surface area contributed by atoms with E-state index in [1.165, 1.54) is 26.4 Å². The minimum atomic E-state index is -2.50. The zero-order valence-electron chi connectivity index (χ0n) is 79.3. The largest absolute Gasteiger partial charge is 0.460 e. The van der Waals surface area contributed by atoms with Crippen LogP contribution < -0.4 is 31.9 Å². The van der Waals surface area contributed by atoms with E-state index in [1.54, 1.807) is 58.9 Å². The van der Waals surface area contributed by atoms with Gasteiger partial charge in [0.05, 0.1) is 88.7 Å². The number of piperidine rings is 1. The number of cyclic esters (lactones) is 1. The van der Waals surface area contributed by atoms with Gasteiger partial charge in [0.25, 0.3) is 17.6 Å². The summed E-state index contributed by atoms with van der Waals surface area (Å²) in [4.78, 5) is 153. The molecule has 15 atom stereocenters. The number of pyridine rings is 1. The van der Waals surface area contributed by atoms with Crippen LogP contribution in [0.3, 0.4) is 0 Å². The number of nitrogens with one attached hydrogen (secondary N) is 3. The molecule has 1 aliphatic carbocycles. The summed E-state index contributed by atoms with van der Waals surface area (Å²) in [6.07, 6.45) is 18.4. The highest BCUT2D eigenvalue weighted by molar-refractivity contribution is 6.39. The molecule has 13 rings (SSSR count). The van der Waals surface area contributed by atoms with Crippen molar-refractivity contribution in [2.45, 2.75) is 213 Å². The normalized spacial score (nSPS) is 26.0. The number of anilines is 4. The van der Waals surface area contributed by atoms with Gasteiger partial charge in [0.15, 0.2) is 11.4 Å². The van der Waals surface area contributed by atoms with Crippen molar-refractivity contribution in [2.75, 3.05) is 134 Å². The average Bonchev–Trinajstić information content (AvgIpc) is 1.59. The van der Waals surface area contributed by atoms with Gasteiger partial charge in [-0.05, 0) is 142 Å². The standard InChI is InChI=1S/C98H132N18O20/c1-59-15-11-10-12-16-60(2)78(128-8)48-74-22-18-65(7)98(127,136-74)88(122)93(124)115-27-14-13-17-75(115)94(125)134-79(49-76(117)61(3)42-64(6)86(120)87(121)85(119)63(5)41-59)62(4)43-66-20-23-77(80(45-66)129-9)135-97(126)101-26-34-131-36-38-133-40-39-132-37-35-130-33-25-82(118)102-50-68-51-104-95(105-52-68)112-29-31-113(32-30-112)96-106-54-73(55-107-96)92(123)114-28-24-69-44-67(19-21-70(69)57-114)56-116-91-83(89(100)108-58-109-91)84(111-116)72-46-71-47-81(99)110-90(71)103-53-72/h10-12,15-16,19,21,42,44,46-47,51-55,58-59,61-63,65-66,74-75,77-80,86-87,120-121,127H,13-14,17-18,20,22-41,43,45,48-50,56-57,99H2,1-9H3,(H,101,126)(H,102,118)(H,103,110)(H2,100,108,109)/b12-10?,15-11+,60-16?,64-42+/t59-,61-,62-,63-,65-,66+,74+,75+,77-,78+,79+,80-,86-,87+,98-/m1/s1. The lowest BCUT2D eigenvalue weighted by atomic mass is 9.78. The Labute approximate surface area is 791 Å². The van der Waals surface area contributed by atoms with E-state index < -0.39 is 108 Å². The first-order valence-corrected chi connectivity index (χ1v) is 47.4. The maximum atomic E-state index is 14.7. The van der Waals surface area contributed by atoms with Gasteiger partial charge in [0, 0.05) is 158 Å². The molecule has 5 aliphatic heterocycles. The molecule has 1 saturated carbocycles. The van der Waals surface area contributed by atoms with E-state index in [1.807, 2.05) is 78.9 Å². The maximum absolute atomic E-state index is 14.7. The first kappa shape index (κ1) is 102. The predicted molar refractivity (Wildman–Crippen MR) is 504 cm³/mol. The molecule has 3 saturated heterocycles. The number of nitrogens with zero attached hydrogens (tertiary/aromatic N) is 13. The number of aromatic nitrogens is 10. The highest BCUT2D eigenvalue weighted by Crippen LogP contribution is 2.40. The molecule has 136 heavy (non-hydrogen) atoms. The van der Waals surface area contributed by atoms with Crippen molar-refractivity contribution in [1.82, 2.24) is 70.1 Å². The van der Waals surface area contributed by atoms with Gasteiger partial charge >= 0.3 is 12.1 Å². The fourth-order valence-corrected chi connectivity index (χ4v) is 18.7. The molecule has 0 unspecified atom stereocenters. The Bertz CT molecular complexity index is 5390. The molecule has 11 heterocycles. The van der Waals surface area contributed by atoms with Crippen molar-refractivity contribution >= 4 is 92.7 Å². The summed E-state index contributed by atoms with van der Waals surface area (Å²) in [5.41, 5.74) is 20.5. The Morgan fingerprint density at radius 3 is 2.12 bits per heavy atom. The van der Waals surface area contributed by atoms with E-state index in [0.717, 1.165) is 43.7 Å². The fraction of sp³-hybridized carbons (Fsp3) is 0.571. The van der Waals surface area contributed by atoms with Crippen LogP contribution in [-0.2, 0) is 97.5 Å². The van der Waals surface area contributed by atoms with Crippen LogP contribution in [0.4, 0.5) is 28.3 Å². The second kappa shape index (κ2) is 48.5. The van der Waals surface area contributed by atoms with Gasteiger partial charge in [0.2, 0.25) is 23.6 Å². The minimum absolute atomic E-state index is 0.0234. The Morgan fingerprint density at radius 1 is 0.699 bits per heavy atom. The molecule has 0 spiro atoms. The number of carbonyl (C=O) groups excluding carboxylic acids is 8. The topological polar surface area (TPSA) is 493 Å². The summed E-state index contributed by atoms with van der Waals surface area (Å²) in [7, 11) is 3.09. The number of hydrogen-bond donors (Lipinski definition) is 8. The quantitative estimate of drug-likeness (QED) is 0.00951. The highest BCUT2D eigenvalue weighted by atomic mass is 16.6. The Kier molecular flexibility index (Phi) is 36.4. The van der Waals surface area contributed by atoms with Crippen molar-refractivity contribution in [3.8, 4) is 11.3 Å². The van der Waals surface area contributed by atoms with Gasteiger partial charge in [-0.3, -0.25) is 28.8 Å². The van der Waals surface area contributed by atoms with Crippen LogP contribution in [-0.4, -0.2) is 289 Å². The predicted octanol–water partition coefficient (Wildman–Crippen LogP) is 8.03. The molecule has 7 aromatic rings. The number of aliphatic hydroxyl groups is 3. The summed E-state index contributed by atoms with van der Waals surface area (Å²) in [6, 6.07) is 8.83. The van der Waals surface area contributed by atoms with Crippen LogP contribution >= 0.6 is 0 Å². The van der Waals surface area contributed by atoms with Gasteiger partial charge in [-0.2, -0.15) is 5.10 Å². The number of hydrogen-bond acceptors (Lipinski definition) is 32. The highest BCUT2D eigenvalue weighted by Gasteiger charge is 2.53. The number of carbonyl (C=O) groups is 8. The molecule has 0 radical (unpaired) electrons. The number of fused-ring (bicyclic) bond motifs is 6. The second-order valence-electron chi connectivity index (χ2n) is 36.7. The molecule has 6 aliphatic rings. The summed E-state index contributed by atoms with van der Waals surface area (Å²) in [5.74, 6) is -7.75. The van der Waals surface area contributed by atoms with E-state index >= 15 is 0 Å². The number of esters is 1. The van der Waals surface area contributed by atoms with Gasteiger partial charge in [-0.1, -0.05) is 89.3 Å². The van der Waals surface area contributed by atoms with E-state index in [-0.39, 0.29) is 113 Å². The van der Waals surface area contributed by atoms with Crippen LogP contribution in [0, 0.1) is 35.5 Å². The number of H-pyrrole nitrogens is 1. The van der Waals surface area contributed by atoms with Crippen molar-refractivity contribution in [3.63, 3.8) is 0 Å². The Balaban J connectivity index is 0.474. The number of methoxy groups -OCH3 is 2. The fourth-order valence-electron chi connectivity index (χ4n) is 18.7. The van der Waals surface area contributed by atoms with Gasteiger partial charge in [-0.25, -0.2) is 49.2 Å². The molecular weight excluding hydrogens is 1750 g/mol. The summed E-state index contributed by atoms with van der Waals surface area (Å²) in [5, 5.41) is 46.8. The molecule has 4 amide bonds. The van der Waals surface area contributed by atoms with E-state index in [2.05, 4.69) is 72.4 Å². The van der Waals surface area contributed by atoms with Crippen LogP contribution in [0.1, 0.15) is 165 Å². The van der Waals surface area contributed by atoms with Gasteiger partial charge in [-0.15, -0.1) is 0 Å². The number of aliphatic hydroxyl groups excluding tert-OH is 2. The number of rotatable bonds is 29. The lowest BCUT2D eigenvalue weighted by Crippen LogP contribution is -2.61. The van der Waals surface area contributed by atoms with Gasteiger partial charge < -0.3 is 105 Å². The molecule has 1 aromatic carbocycles. The number of benzene rings is 1. The third-order valence-electron chi connectivity index (χ3n) is 26.7. The lowest BCUT2D eigenvalue weighted by Gasteiger charge is -2.42. The second-order valence-corrected chi connectivity index (χ2v) is 36.7. The smallest absolute Gasteiger partial charge is 0.407 e. The average molecular weight is 1880 g/mol. The number of Topliss-reactive ketones (excluding diaryl/α,β-unsaturated/α-hetero) is 3. The number of ether oxygens (including phenoxy) is 9. The van der Waals surface area contributed by atoms with Crippen molar-refractivity contribution in [1.29, 1.82) is 0 Å². The molecule has 6 aromatic heterocycles. The number of piperazine rings is 1. The van der Waals surface area contributed by atoms with Crippen molar-refractivity contribution in [2.24, 2.45) is 35.5 Å². The van der Waals surface area contributed by atoms with Crippen LogP contribution in [0.25, 0.3) is 33.3 Å². The number of nitrogen functional groups attached to an aromatic ring is 2. The van der Waals surface area contributed by atoms with Crippen LogP contribution in [0.2, 0.25) is 0 Å². The molecule has 2 bridgehead atoms. The molecule has 10 N–H and O–H groups in total. The minimum Gasteiger partial charge on any atom is -0.460 e. The zero-order chi connectivity index (χ0) is 96.7. The van der Waals surface area contributed by atoms with Gasteiger partial charge in [0.1, 0.15) is 65.5 Å². The maximum Gasteiger partial charge on any atom is 0.407 e. The summed E-state index contributed by atoms with van der Waals surface area (Å²) < 4.78 is 54.6. The number of nitrogens with two attached hydrogens (primary N) is 2. The zero-order valence-corrected chi connectivity index (χ0v) is 79.3. The molecule has 38 heteroatoms. The molecule has 38 nitrogen and oxygen atoms in total. The molecule has 4 fully saturated rings. The van der Waals surface area contributed by atoms with Crippen molar-refractivity contribution in [3.05, 3.63) is 143 Å². The van der Waals surface area contributed by atoms with E-state index in [4.69, 9.17) is 59.2 Å². The lowest BCUT2D eigenvalue weighted by molar-refractivity contribution is -0.265. The number of aromatic amines is 1. The molecular formula is C98H132N18O20. The monoisotopic (exact) mass is 1880 g/mol. The number of amides is 4. The van der Waals surface area contributed by atoms with E-state index in [0.29, 0.717) is 181 Å². The Morgan fingerprint density at radius 2 is 1.40 bits per heavy atom. The van der Waals surface area contributed by atoms with Crippen LogP contribution in [0.15, 0.2) is 115 Å². The SMILES string of the molecule is CO[C@H]1C[C@@H]2CC[C@@H](C)[C@@](O)(O2)C(=O)C(=O)N2CCCC[C@H]2C(=O)O[C@H]([C@H](C)C[C@@H]2CC[C@@H](OC(=O)NCCOCCOCCOCCOCCC(=O)NCc3cnc(N4CCN(c5ncc(C(=O)N6CCc7cc(Cn8nc(-c9cnc%10[nH]c(N)cc%10c9)c9c(N)ncnc98)ccc7C6)cn5)CC4)nc3)[C@H](OC)C2)CC(=O)[C@H](C)/C=C(\C)[C@@H](O)[C@@H](O)C(=O)[C@H](C)C[C@H](C)/C=C/C=CC=C1C. The molecule has 734 valence electrons. The first-order chi connectivity index (χ1) is 65.5. The number of allylic oxidation sites excluding steroid dienone is 6. The summed E-state index contributed by atoms with van der Waals surface area (Å²) in [6.45, 7) is 18.7. The number of alkyl carbamates (subject to hydrolysis) is 1. The third-order valence-corrected chi connectivity index (χ3v) is 26.7. The van der Waals surface area contributed by atoms with Crippen molar-refractivity contribution < 1.29 is 96.3 Å². The number of ketones is 3. The van der Waals surface area contributed by atoms with Crippen LogP contribution in [0.5, 0.6) is 0 Å².